The molecule has 0 bridgehead atoms. The van der Waals surface area contributed by atoms with E-state index in [9.17, 15) is 0 Å². The second kappa shape index (κ2) is 16.2. The van der Waals surface area contributed by atoms with Gasteiger partial charge in [0, 0.05) is 25.5 Å². The van der Waals surface area contributed by atoms with Crippen LogP contribution in [0.1, 0.15) is 116 Å². The molecule has 0 aliphatic carbocycles. The molecule has 2 rings (SSSR count). The molecule has 0 amide bonds. The van der Waals surface area contributed by atoms with E-state index in [1.807, 2.05) is 0 Å². The summed E-state index contributed by atoms with van der Waals surface area (Å²) >= 11 is 0. The molecule has 31 heavy (non-hydrogen) atoms. The van der Waals surface area contributed by atoms with E-state index in [1.165, 1.54) is 102 Å². The lowest BCUT2D eigenvalue weighted by molar-refractivity contribution is 0.100. The Morgan fingerprint density at radius 3 is 1.65 bits per heavy atom. The van der Waals surface area contributed by atoms with Gasteiger partial charge in [-0.15, -0.1) is 0 Å². The van der Waals surface area contributed by atoms with E-state index in [0.29, 0.717) is 12.1 Å². The highest BCUT2D eigenvalue weighted by molar-refractivity contribution is 5.16. The van der Waals surface area contributed by atoms with Gasteiger partial charge < -0.3 is 9.80 Å². The second-order valence-electron chi connectivity index (χ2n) is 9.95. The fourth-order valence-corrected chi connectivity index (χ4v) is 4.94. The van der Waals surface area contributed by atoms with Crippen LogP contribution >= 0.6 is 0 Å². The van der Waals surface area contributed by atoms with E-state index in [4.69, 9.17) is 0 Å². The third-order valence-corrected chi connectivity index (χ3v) is 6.70. The van der Waals surface area contributed by atoms with Crippen LogP contribution in [-0.2, 0) is 6.54 Å². The van der Waals surface area contributed by atoms with Crippen molar-refractivity contribution in [1.82, 2.24) is 9.80 Å². The van der Waals surface area contributed by atoms with E-state index in [0.717, 1.165) is 6.54 Å². The number of nitrogens with zero attached hydrogens (tertiary/aromatic N) is 2. The third-order valence-electron chi connectivity index (χ3n) is 6.70. The maximum Gasteiger partial charge on any atom is 0.103 e. The van der Waals surface area contributed by atoms with Crippen LogP contribution in [0, 0.1) is 5.92 Å². The van der Waals surface area contributed by atoms with Gasteiger partial charge in [0.2, 0.25) is 0 Å². The van der Waals surface area contributed by atoms with Crippen molar-refractivity contribution in [3.63, 3.8) is 0 Å². The van der Waals surface area contributed by atoms with Crippen molar-refractivity contribution in [3.05, 3.63) is 48.3 Å². The minimum atomic E-state index is 0.502. The number of hydrogen-bond donors (Lipinski definition) is 0. The molecule has 1 aromatic rings. The average molecular weight is 427 g/mol. The van der Waals surface area contributed by atoms with Gasteiger partial charge in [0.15, 0.2) is 0 Å². The highest BCUT2D eigenvalue weighted by Crippen LogP contribution is 2.25. The van der Waals surface area contributed by atoms with Crippen LogP contribution in [0.3, 0.4) is 0 Å². The van der Waals surface area contributed by atoms with Crippen LogP contribution < -0.4 is 0 Å². The third kappa shape index (κ3) is 10.6. The lowest BCUT2D eigenvalue weighted by Gasteiger charge is -2.36. The lowest BCUT2D eigenvalue weighted by atomic mass is 10.0. The molecule has 0 radical (unpaired) electrons. The Balaban J connectivity index is 1.49. The largest absolute Gasteiger partial charge is 0.356 e. The summed E-state index contributed by atoms with van der Waals surface area (Å²) in [6.07, 6.45) is 25.1. The molecule has 1 aliphatic heterocycles. The summed E-state index contributed by atoms with van der Waals surface area (Å²) in [6.45, 7) is 9.21. The fraction of sp³-hybridized carbons (Fsp3) is 0.724. The minimum Gasteiger partial charge on any atom is -0.356 e. The molecule has 1 aliphatic rings. The standard InChI is InChI=1S/C29H50N2/c1-4-5-6-7-8-9-10-11-12-13-14-15-16-20-23-30-24-25-31(29(30)27(2)3)26-28-21-18-17-19-22-28/h17-19,21-22,24-25,27,29H,4-16,20,23,26H2,1-3H3. The van der Waals surface area contributed by atoms with E-state index < -0.39 is 0 Å². The quantitative estimate of drug-likeness (QED) is 0.216. The molecule has 0 fully saturated rings. The molecular weight excluding hydrogens is 376 g/mol. The Bertz CT molecular complexity index is 565. The predicted molar refractivity (Wildman–Crippen MR) is 137 cm³/mol. The smallest absolute Gasteiger partial charge is 0.103 e. The Labute approximate surface area is 194 Å². The lowest BCUT2D eigenvalue weighted by Crippen LogP contribution is -2.42. The van der Waals surface area contributed by atoms with Gasteiger partial charge in [-0.1, -0.05) is 135 Å². The summed E-state index contributed by atoms with van der Waals surface area (Å²) in [4.78, 5) is 5.10. The monoisotopic (exact) mass is 426 g/mol. The van der Waals surface area contributed by atoms with Crippen LogP contribution in [0.25, 0.3) is 0 Å². The van der Waals surface area contributed by atoms with Crippen molar-refractivity contribution in [2.24, 2.45) is 5.92 Å². The first-order valence-corrected chi connectivity index (χ1v) is 13.5. The molecule has 0 spiro atoms. The summed E-state index contributed by atoms with van der Waals surface area (Å²) < 4.78 is 0. The molecular formula is C29H50N2. The number of rotatable bonds is 18. The topological polar surface area (TPSA) is 6.48 Å². The van der Waals surface area contributed by atoms with Crippen molar-refractivity contribution < 1.29 is 0 Å². The number of unbranched alkanes of at least 4 members (excludes halogenated alkanes) is 13. The first-order valence-electron chi connectivity index (χ1n) is 13.5. The number of benzene rings is 1. The summed E-state index contributed by atoms with van der Waals surface area (Å²) in [5.41, 5.74) is 1.40. The van der Waals surface area contributed by atoms with Gasteiger partial charge in [-0.2, -0.15) is 0 Å². The first kappa shape index (κ1) is 25.8. The fourth-order valence-electron chi connectivity index (χ4n) is 4.94. The Morgan fingerprint density at radius 1 is 0.645 bits per heavy atom. The van der Waals surface area contributed by atoms with E-state index in [-0.39, 0.29) is 0 Å². The zero-order valence-corrected chi connectivity index (χ0v) is 20.9. The van der Waals surface area contributed by atoms with Crippen LogP contribution in [0.4, 0.5) is 0 Å². The Hall–Kier alpha value is -1.44. The highest BCUT2D eigenvalue weighted by atomic mass is 15.4. The molecule has 1 heterocycles. The zero-order valence-electron chi connectivity index (χ0n) is 20.9. The molecule has 0 aromatic heterocycles. The zero-order chi connectivity index (χ0) is 22.2. The van der Waals surface area contributed by atoms with Crippen molar-refractivity contribution in [2.75, 3.05) is 6.54 Å². The average Bonchev–Trinajstić information content (AvgIpc) is 3.17. The SMILES string of the molecule is CCCCCCCCCCCCCCCCN1C=CN(Cc2ccccc2)C1C(C)C. The number of hydrogen-bond acceptors (Lipinski definition) is 2. The van der Waals surface area contributed by atoms with Gasteiger partial charge in [0.25, 0.3) is 0 Å². The molecule has 0 saturated carbocycles. The summed E-state index contributed by atoms with van der Waals surface area (Å²) in [5.74, 6) is 0.630. The van der Waals surface area contributed by atoms with Crippen LogP contribution in [0.2, 0.25) is 0 Å². The Kier molecular flexibility index (Phi) is 13.5. The first-order chi connectivity index (χ1) is 15.2. The molecule has 1 atom stereocenters. The van der Waals surface area contributed by atoms with E-state index in [1.54, 1.807) is 0 Å². The molecule has 176 valence electrons. The van der Waals surface area contributed by atoms with Gasteiger partial charge in [-0.25, -0.2) is 0 Å². The van der Waals surface area contributed by atoms with Gasteiger partial charge in [0.05, 0.1) is 0 Å². The molecule has 0 N–H and O–H groups in total. The van der Waals surface area contributed by atoms with Gasteiger partial charge >= 0.3 is 0 Å². The summed E-state index contributed by atoms with van der Waals surface area (Å²) in [5, 5.41) is 0. The second-order valence-corrected chi connectivity index (χ2v) is 9.95. The minimum absolute atomic E-state index is 0.502. The van der Waals surface area contributed by atoms with Gasteiger partial charge in [-0.05, 0) is 17.9 Å². The van der Waals surface area contributed by atoms with E-state index >= 15 is 0 Å². The summed E-state index contributed by atoms with van der Waals surface area (Å²) in [7, 11) is 0. The maximum absolute atomic E-state index is 2.58. The molecule has 0 saturated heterocycles. The molecule has 1 aromatic carbocycles. The van der Waals surface area contributed by atoms with E-state index in [2.05, 4.69) is 73.3 Å². The Morgan fingerprint density at radius 2 is 1.13 bits per heavy atom. The predicted octanol–water partition coefficient (Wildman–Crippen LogP) is 8.74. The molecule has 2 nitrogen and oxygen atoms in total. The van der Waals surface area contributed by atoms with Crippen molar-refractivity contribution in [3.8, 4) is 0 Å². The summed E-state index contributed by atoms with van der Waals surface area (Å²) in [6, 6.07) is 10.9. The molecule has 1 unspecified atom stereocenters. The molecule has 2 heteroatoms. The highest BCUT2D eigenvalue weighted by Gasteiger charge is 2.28. The van der Waals surface area contributed by atoms with Crippen molar-refractivity contribution in [2.45, 2.75) is 123 Å². The van der Waals surface area contributed by atoms with Gasteiger partial charge in [-0.3, -0.25) is 0 Å². The van der Waals surface area contributed by atoms with Crippen molar-refractivity contribution in [1.29, 1.82) is 0 Å². The van der Waals surface area contributed by atoms with Crippen molar-refractivity contribution >= 4 is 0 Å². The van der Waals surface area contributed by atoms with Crippen LogP contribution in [-0.4, -0.2) is 22.5 Å². The normalized spacial score (nSPS) is 16.1. The van der Waals surface area contributed by atoms with Gasteiger partial charge in [0.1, 0.15) is 6.17 Å². The van der Waals surface area contributed by atoms with Crippen LogP contribution in [0.15, 0.2) is 42.7 Å². The van der Waals surface area contributed by atoms with Crippen LogP contribution in [0.5, 0.6) is 0 Å². The maximum atomic E-state index is 2.58.